The highest BCUT2D eigenvalue weighted by molar-refractivity contribution is 5.79. The second-order valence-electron chi connectivity index (χ2n) is 6.69. The van der Waals surface area contributed by atoms with Crippen molar-refractivity contribution in [3.63, 3.8) is 0 Å². The monoisotopic (exact) mass is 301 g/mol. The van der Waals surface area contributed by atoms with E-state index in [4.69, 9.17) is 0 Å². The lowest BCUT2D eigenvalue weighted by Crippen LogP contribution is -2.51. The van der Waals surface area contributed by atoms with Crippen molar-refractivity contribution in [3.05, 3.63) is 35.9 Å². The largest absolute Gasteiger partial charge is 0.340 e. The molecule has 1 amide bonds. The Morgan fingerprint density at radius 3 is 2.50 bits per heavy atom. The van der Waals surface area contributed by atoms with Gasteiger partial charge in [0.05, 0.1) is 5.92 Å². The predicted octanol–water partition coefficient (Wildman–Crippen LogP) is 1.67. The molecule has 1 unspecified atom stereocenters. The minimum atomic E-state index is 0.222. The summed E-state index contributed by atoms with van der Waals surface area (Å²) in [6.07, 6.45) is 2.22. The molecule has 0 aromatic heterocycles. The SMILES string of the molecule is CN1CCCC(C(=O)N2CCN(Cc3ccccc3)CC2)C1. The molecule has 4 heteroatoms. The number of rotatable bonds is 3. The van der Waals surface area contributed by atoms with Crippen LogP contribution in [0, 0.1) is 5.92 Å². The number of hydrogen-bond acceptors (Lipinski definition) is 3. The number of benzene rings is 1. The van der Waals surface area contributed by atoms with Crippen molar-refractivity contribution in [2.45, 2.75) is 19.4 Å². The third kappa shape index (κ3) is 3.87. The summed E-state index contributed by atoms with van der Waals surface area (Å²) in [5.74, 6) is 0.602. The third-order valence-electron chi connectivity index (χ3n) is 4.91. The van der Waals surface area contributed by atoms with Gasteiger partial charge in [-0.2, -0.15) is 0 Å². The summed E-state index contributed by atoms with van der Waals surface area (Å²) in [5.41, 5.74) is 1.36. The van der Waals surface area contributed by atoms with Gasteiger partial charge in [0.1, 0.15) is 0 Å². The number of hydrogen-bond donors (Lipinski definition) is 0. The molecule has 0 aliphatic carbocycles. The highest BCUT2D eigenvalue weighted by Crippen LogP contribution is 2.19. The van der Waals surface area contributed by atoms with Crippen LogP contribution in [0.3, 0.4) is 0 Å². The zero-order chi connectivity index (χ0) is 15.4. The van der Waals surface area contributed by atoms with Crippen LogP contribution in [0.4, 0.5) is 0 Å². The third-order valence-corrected chi connectivity index (χ3v) is 4.91. The van der Waals surface area contributed by atoms with Crippen LogP contribution in [-0.4, -0.2) is 66.9 Å². The Kier molecular flexibility index (Phi) is 5.11. The highest BCUT2D eigenvalue weighted by Gasteiger charge is 2.29. The van der Waals surface area contributed by atoms with Gasteiger partial charge < -0.3 is 9.80 Å². The first kappa shape index (κ1) is 15.5. The highest BCUT2D eigenvalue weighted by atomic mass is 16.2. The molecular formula is C18H27N3O. The van der Waals surface area contributed by atoms with Gasteiger partial charge in [-0.25, -0.2) is 0 Å². The average Bonchev–Trinajstić information content (AvgIpc) is 2.56. The molecule has 2 heterocycles. The molecule has 3 rings (SSSR count). The second-order valence-corrected chi connectivity index (χ2v) is 6.69. The molecule has 0 bridgehead atoms. The predicted molar refractivity (Wildman–Crippen MR) is 88.5 cm³/mol. The zero-order valence-corrected chi connectivity index (χ0v) is 13.6. The van der Waals surface area contributed by atoms with E-state index in [-0.39, 0.29) is 5.92 Å². The van der Waals surface area contributed by atoms with Gasteiger partial charge in [-0.15, -0.1) is 0 Å². The maximum Gasteiger partial charge on any atom is 0.227 e. The fourth-order valence-corrected chi connectivity index (χ4v) is 3.59. The van der Waals surface area contributed by atoms with Gasteiger partial charge in [0.25, 0.3) is 0 Å². The van der Waals surface area contributed by atoms with Crippen LogP contribution in [0.15, 0.2) is 30.3 Å². The Morgan fingerprint density at radius 1 is 1.09 bits per heavy atom. The van der Waals surface area contributed by atoms with Gasteiger partial charge in [-0.1, -0.05) is 30.3 Å². The maximum atomic E-state index is 12.6. The van der Waals surface area contributed by atoms with Gasteiger partial charge in [0.2, 0.25) is 5.91 Å². The number of nitrogens with zero attached hydrogens (tertiary/aromatic N) is 3. The van der Waals surface area contributed by atoms with Crippen LogP contribution in [0.5, 0.6) is 0 Å². The number of carbonyl (C=O) groups excluding carboxylic acids is 1. The molecule has 1 aromatic carbocycles. The smallest absolute Gasteiger partial charge is 0.227 e. The van der Waals surface area contributed by atoms with Crippen molar-refractivity contribution in [2.75, 3.05) is 46.3 Å². The van der Waals surface area contributed by atoms with E-state index in [2.05, 4.69) is 52.1 Å². The number of carbonyl (C=O) groups is 1. The molecule has 2 fully saturated rings. The van der Waals surface area contributed by atoms with E-state index < -0.39 is 0 Å². The fraction of sp³-hybridized carbons (Fsp3) is 0.611. The van der Waals surface area contributed by atoms with Gasteiger partial charge in [-0.05, 0) is 32.0 Å². The summed E-state index contributed by atoms with van der Waals surface area (Å²) in [6.45, 7) is 6.80. The maximum absolute atomic E-state index is 12.6. The Balaban J connectivity index is 1.48. The van der Waals surface area contributed by atoms with Crippen molar-refractivity contribution in [2.24, 2.45) is 5.92 Å². The van der Waals surface area contributed by atoms with E-state index in [9.17, 15) is 4.79 Å². The van der Waals surface area contributed by atoms with Crippen molar-refractivity contribution >= 4 is 5.91 Å². The minimum Gasteiger partial charge on any atom is -0.340 e. The van der Waals surface area contributed by atoms with Gasteiger partial charge in [0, 0.05) is 39.3 Å². The van der Waals surface area contributed by atoms with E-state index in [1.807, 2.05) is 0 Å². The molecule has 0 N–H and O–H groups in total. The van der Waals surface area contributed by atoms with Crippen molar-refractivity contribution in [3.8, 4) is 0 Å². The van der Waals surface area contributed by atoms with Crippen LogP contribution in [0.2, 0.25) is 0 Å². The van der Waals surface area contributed by atoms with Crippen molar-refractivity contribution < 1.29 is 4.79 Å². The molecule has 1 aromatic rings. The van der Waals surface area contributed by atoms with Crippen LogP contribution in [0.25, 0.3) is 0 Å². The molecule has 2 aliphatic rings. The molecule has 22 heavy (non-hydrogen) atoms. The summed E-state index contributed by atoms with van der Waals surface area (Å²) >= 11 is 0. The Bertz CT molecular complexity index is 482. The Labute approximate surface area is 133 Å². The lowest BCUT2D eigenvalue weighted by Gasteiger charge is -2.38. The topological polar surface area (TPSA) is 26.8 Å². The summed E-state index contributed by atoms with van der Waals surface area (Å²) in [6, 6.07) is 10.6. The van der Waals surface area contributed by atoms with Gasteiger partial charge >= 0.3 is 0 Å². The molecule has 0 radical (unpaired) electrons. The van der Waals surface area contributed by atoms with Gasteiger partial charge in [0.15, 0.2) is 0 Å². The normalized spacial score (nSPS) is 24.4. The molecule has 4 nitrogen and oxygen atoms in total. The minimum absolute atomic E-state index is 0.222. The fourth-order valence-electron chi connectivity index (χ4n) is 3.59. The molecule has 1 atom stereocenters. The van der Waals surface area contributed by atoms with Crippen LogP contribution < -0.4 is 0 Å². The molecule has 0 spiro atoms. The molecule has 2 aliphatic heterocycles. The quantitative estimate of drug-likeness (QED) is 0.850. The average molecular weight is 301 g/mol. The van der Waals surface area contributed by atoms with E-state index in [1.54, 1.807) is 0 Å². The zero-order valence-electron chi connectivity index (χ0n) is 13.6. The van der Waals surface area contributed by atoms with Crippen LogP contribution in [0.1, 0.15) is 18.4 Å². The lowest BCUT2D eigenvalue weighted by molar-refractivity contribution is -0.139. The second kappa shape index (κ2) is 7.25. The summed E-state index contributed by atoms with van der Waals surface area (Å²) in [5, 5.41) is 0. The molecular weight excluding hydrogens is 274 g/mol. The molecule has 2 saturated heterocycles. The summed E-state index contributed by atoms with van der Waals surface area (Å²) < 4.78 is 0. The van der Waals surface area contributed by atoms with E-state index in [0.717, 1.165) is 58.7 Å². The van der Waals surface area contributed by atoms with Crippen molar-refractivity contribution in [1.29, 1.82) is 0 Å². The first-order chi connectivity index (χ1) is 10.7. The van der Waals surface area contributed by atoms with E-state index >= 15 is 0 Å². The standard InChI is InChI=1S/C18H27N3O/c1-19-9-5-8-17(15-19)18(22)21-12-10-20(11-13-21)14-16-6-3-2-4-7-16/h2-4,6-7,17H,5,8-15H2,1H3. The summed E-state index contributed by atoms with van der Waals surface area (Å²) in [7, 11) is 2.12. The molecule has 0 saturated carbocycles. The Morgan fingerprint density at radius 2 is 1.82 bits per heavy atom. The number of piperazine rings is 1. The van der Waals surface area contributed by atoms with Gasteiger partial charge in [-0.3, -0.25) is 9.69 Å². The van der Waals surface area contributed by atoms with Crippen LogP contribution in [-0.2, 0) is 11.3 Å². The van der Waals surface area contributed by atoms with E-state index in [1.165, 1.54) is 5.56 Å². The molecule has 120 valence electrons. The Hall–Kier alpha value is -1.39. The first-order valence-corrected chi connectivity index (χ1v) is 8.46. The van der Waals surface area contributed by atoms with E-state index in [0.29, 0.717) is 5.91 Å². The number of amides is 1. The van der Waals surface area contributed by atoms with Crippen LogP contribution >= 0.6 is 0 Å². The lowest BCUT2D eigenvalue weighted by atomic mass is 9.96. The summed E-state index contributed by atoms with van der Waals surface area (Å²) in [4.78, 5) is 19.5. The van der Waals surface area contributed by atoms with Crippen molar-refractivity contribution in [1.82, 2.24) is 14.7 Å². The number of likely N-dealkylation sites (tertiary alicyclic amines) is 1. The first-order valence-electron chi connectivity index (χ1n) is 8.46. The number of piperidine rings is 1.